The van der Waals surface area contributed by atoms with Crippen LogP contribution >= 0.6 is 11.8 Å². The summed E-state index contributed by atoms with van der Waals surface area (Å²) in [6.45, 7) is 5.76. The van der Waals surface area contributed by atoms with Gasteiger partial charge in [-0.25, -0.2) is 0 Å². The van der Waals surface area contributed by atoms with E-state index in [9.17, 15) is 0 Å². The Morgan fingerprint density at radius 3 is 2.63 bits per heavy atom. The monoisotopic (exact) mass is 277 g/mol. The summed E-state index contributed by atoms with van der Waals surface area (Å²) in [6.07, 6.45) is 6.70. The fourth-order valence-corrected chi connectivity index (χ4v) is 4.38. The second kappa shape index (κ2) is 7.96. The van der Waals surface area contributed by atoms with Gasteiger partial charge in [0.25, 0.3) is 0 Å². The Balaban J connectivity index is 1.98. The third-order valence-electron chi connectivity index (χ3n) is 4.16. The fraction of sp³-hybridized carbons (Fsp3) is 0.647. The molecule has 1 saturated carbocycles. The van der Waals surface area contributed by atoms with Gasteiger partial charge in [0, 0.05) is 16.2 Å². The molecule has 2 heteroatoms. The summed E-state index contributed by atoms with van der Waals surface area (Å²) in [5.74, 6) is 0.931. The molecule has 1 N–H and O–H groups in total. The normalized spacial score (nSPS) is 27.4. The van der Waals surface area contributed by atoms with Crippen LogP contribution in [0.4, 0.5) is 0 Å². The molecule has 0 heterocycles. The molecule has 1 fully saturated rings. The number of thioether (sulfide) groups is 1. The first-order valence-electron chi connectivity index (χ1n) is 7.78. The fourth-order valence-electron chi connectivity index (χ4n) is 2.95. The van der Waals surface area contributed by atoms with Crippen molar-refractivity contribution >= 4 is 11.8 Å². The zero-order valence-corrected chi connectivity index (χ0v) is 13.1. The van der Waals surface area contributed by atoms with Crippen LogP contribution in [0.2, 0.25) is 0 Å². The lowest BCUT2D eigenvalue weighted by atomic mass is 9.84. The lowest BCUT2D eigenvalue weighted by molar-refractivity contribution is 0.295. The lowest BCUT2D eigenvalue weighted by Crippen LogP contribution is -2.42. The van der Waals surface area contributed by atoms with E-state index in [-0.39, 0.29) is 0 Å². The topological polar surface area (TPSA) is 12.0 Å². The van der Waals surface area contributed by atoms with Crippen molar-refractivity contribution in [1.82, 2.24) is 5.32 Å². The molecule has 0 aromatic heterocycles. The Bertz CT molecular complexity index is 352. The van der Waals surface area contributed by atoms with Gasteiger partial charge < -0.3 is 5.32 Å². The smallest absolute Gasteiger partial charge is 0.0251 e. The first-order valence-corrected chi connectivity index (χ1v) is 8.66. The molecular weight excluding hydrogens is 250 g/mol. The van der Waals surface area contributed by atoms with Gasteiger partial charge in [-0.15, -0.1) is 11.8 Å². The van der Waals surface area contributed by atoms with E-state index in [0.29, 0.717) is 6.04 Å². The predicted octanol–water partition coefficient (Wildman–Crippen LogP) is 4.73. The average molecular weight is 277 g/mol. The van der Waals surface area contributed by atoms with Crippen LogP contribution in [0.1, 0.15) is 46.0 Å². The predicted molar refractivity (Wildman–Crippen MR) is 85.8 cm³/mol. The molecule has 0 radical (unpaired) electrons. The molecule has 0 saturated heterocycles. The molecule has 1 nitrogen and oxygen atoms in total. The highest BCUT2D eigenvalue weighted by Gasteiger charge is 2.29. The Labute approximate surface area is 122 Å². The van der Waals surface area contributed by atoms with Crippen molar-refractivity contribution in [3.8, 4) is 0 Å². The highest BCUT2D eigenvalue weighted by atomic mass is 32.2. The summed E-state index contributed by atoms with van der Waals surface area (Å²) >= 11 is 2.08. The highest BCUT2D eigenvalue weighted by Crippen LogP contribution is 2.37. The van der Waals surface area contributed by atoms with Gasteiger partial charge in [-0.3, -0.25) is 0 Å². The quantitative estimate of drug-likeness (QED) is 0.807. The number of benzene rings is 1. The van der Waals surface area contributed by atoms with Gasteiger partial charge in [0.05, 0.1) is 0 Å². The van der Waals surface area contributed by atoms with E-state index in [1.807, 2.05) is 0 Å². The summed E-state index contributed by atoms with van der Waals surface area (Å²) in [5.41, 5.74) is 0. The van der Waals surface area contributed by atoms with E-state index in [2.05, 4.69) is 61.3 Å². The van der Waals surface area contributed by atoms with Gasteiger partial charge in [-0.1, -0.05) is 38.5 Å². The van der Waals surface area contributed by atoms with Crippen molar-refractivity contribution < 1.29 is 0 Å². The van der Waals surface area contributed by atoms with Gasteiger partial charge in [0.1, 0.15) is 0 Å². The van der Waals surface area contributed by atoms with Crippen molar-refractivity contribution in [3.63, 3.8) is 0 Å². The Morgan fingerprint density at radius 1 is 1.16 bits per heavy atom. The van der Waals surface area contributed by atoms with Crippen LogP contribution in [-0.4, -0.2) is 17.8 Å². The van der Waals surface area contributed by atoms with E-state index in [4.69, 9.17) is 0 Å². The molecule has 3 atom stereocenters. The summed E-state index contributed by atoms with van der Waals surface area (Å²) < 4.78 is 0. The van der Waals surface area contributed by atoms with Crippen molar-refractivity contribution in [2.75, 3.05) is 6.54 Å². The molecular formula is C17H27NS. The van der Waals surface area contributed by atoms with E-state index in [1.54, 1.807) is 0 Å². The molecule has 1 aromatic rings. The van der Waals surface area contributed by atoms with Gasteiger partial charge in [0.2, 0.25) is 0 Å². The van der Waals surface area contributed by atoms with Gasteiger partial charge in [0.15, 0.2) is 0 Å². The van der Waals surface area contributed by atoms with Crippen LogP contribution in [0.25, 0.3) is 0 Å². The minimum atomic E-state index is 0.702. The van der Waals surface area contributed by atoms with E-state index < -0.39 is 0 Å². The maximum absolute atomic E-state index is 3.77. The van der Waals surface area contributed by atoms with Crippen LogP contribution < -0.4 is 5.32 Å². The van der Waals surface area contributed by atoms with Crippen LogP contribution in [0, 0.1) is 5.92 Å². The lowest BCUT2D eigenvalue weighted by Gasteiger charge is -2.36. The van der Waals surface area contributed by atoms with E-state index in [0.717, 1.165) is 17.7 Å². The Morgan fingerprint density at radius 2 is 1.95 bits per heavy atom. The van der Waals surface area contributed by atoms with Crippen molar-refractivity contribution in [1.29, 1.82) is 0 Å². The van der Waals surface area contributed by atoms with Crippen LogP contribution in [0.15, 0.2) is 35.2 Å². The van der Waals surface area contributed by atoms with Gasteiger partial charge in [-0.2, -0.15) is 0 Å². The molecule has 3 unspecified atom stereocenters. The molecule has 1 aliphatic rings. The van der Waals surface area contributed by atoms with Crippen LogP contribution in [0.5, 0.6) is 0 Å². The minimum Gasteiger partial charge on any atom is -0.313 e. The molecule has 1 aliphatic carbocycles. The minimum absolute atomic E-state index is 0.702. The Kier molecular flexibility index (Phi) is 6.25. The molecule has 106 valence electrons. The first-order chi connectivity index (χ1) is 9.33. The zero-order chi connectivity index (χ0) is 13.5. The molecule has 2 rings (SSSR count). The standard InChI is InChI=1S/C17H27NS/c1-3-12-18-16-11-10-14(4-2)13-17(16)19-15-8-6-5-7-9-15/h5-9,14,16-18H,3-4,10-13H2,1-2H3. The number of rotatable bonds is 6. The van der Waals surface area contributed by atoms with Gasteiger partial charge in [-0.05, 0) is 50.3 Å². The third-order valence-corrected chi connectivity index (χ3v) is 5.53. The molecule has 0 aliphatic heterocycles. The van der Waals surface area contributed by atoms with E-state index in [1.165, 1.54) is 37.0 Å². The molecule has 0 bridgehead atoms. The van der Waals surface area contributed by atoms with Crippen LogP contribution in [0.3, 0.4) is 0 Å². The number of nitrogens with one attached hydrogen (secondary N) is 1. The SMILES string of the molecule is CCCNC1CCC(CC)CC1Sc1ccccc1. The summed E-state index contributed by atoms with van der Waals surface area (Å²) in [6, 6.07) is 11.6. The Hall–Kier alpha value is -0.470. The van der Waals surface area contributed by atoms with Crippen molar-refractivity contribution in [3.05, 3.63) is 30.3 Å². The maximum Gasteiger partial charge on any atom is 0.0251 e. The van der Waals surface area contributed by atoms with Gasteiger partial charge >= 0.3 is 0 Å². The maximum atomic E-state index is 3.77. The second-order valence-electron chi connectivity index (χ2n) is 5.62. The van der Waals surface area contributed by atoms with Crippen molar-refractivity contribution in [2.24, 2.45) is 5.92 Å². The summed E-state index contributed by atoms with van der Waals surface area (Å²) in [4.78, 5) is 1.42. The second-order valence-corrected chi connectivity index (χ2v) is 6.93. The zero-order valence-electron chi connectivity index (χ0n) is 12.3. The number of hydrogen-bond acceptors (Lipinski definition) is 2. The van der Waals surface area contributed by atoms with Crippen LogP contribution in [-0.2, 0) is 0 Å². The first kappa shape index (κ1) is 14.9. The molecule has 19 heavy (non-hydrogen) atoms. The van der Waals surface area contributed by atoms with Crippen molar-refractivity contribution in [2.45, 2.75) is 62.1 Å². The molecule has 0 spiro atoms. The summed E-state index contributed by atoms with van der Waals surface area (Å²) in [7, 11) is 0. The highest BCUT2D eigenvalue weighted by molar-refractivity contribution is 8.00. The molecule has 0 amide bonds. The largest absolute Gasteiger partial charge is 0.313 e. The van der Waals surface area contributed by atoms with E-state index >= 15 is 0 Å². The summed E-state index contributed by atoms with van der Waals surface area (Å²) in [5, 5.41) is 4.51. The average Bonchev–Trinajstić information content (AvgIpc) is 2.47. The number of hydrogen-bond donors (Lipinski definition) is 1. The third kappa shape index (κ3) is 4.54. The molecule has 1 aromatic carbocycles.